The second-order valence-corrected chi connectivity index (χ2v) is 9.11. The molecule has 2 saturated carbocycles. The predicted molar refractivity (Wildman–Crippen MR) is 119 cm³/mol. The lowest BCUT2D eigenvalue weighted by atomic mass is 9.75. The molecule has 2 aliphatic rings. The Hall–Kier alpha value is -2.72. The monoisotopic (exact) mass is 397 g/mol. The third-order valence-corrected chi connectivity index (χ3v) is 7.29. The van der Waals surface area contributed by atoms with Crippen molar-refractivity contribution >= 4 is 16.4 Å². The van der Waals surface area contributed by atoms with Crippen molar-refractivity contribution in [2.75, 3.05) is 0 Å². The first-order valence-corrected chi connectivity index (χ1v) is 11.3. The van der Waals surface area contributed by atoms with E-state index < -0.39 is 6.10 Å². The Bertz CT molecular complexity index is 1200. The molecule has 152 valence electrons. The van der Waals surface area contributed by atoms with E-state index in [9.17, 15) is 5.11 Å². The van der Waals surface area contributed by atoms with Gasteiger partial charge in [-0.15, -0.1) is 0 Å². The molecule has 4 nitrogen and oxygen atoms in total. The first kappa shape index (κ1) is 18.1. The summed E-state index contributed by atoms with van der Waals surface area (Å²) < 4.78 is 2.13. The zero-order valence-electron chi connectivity index (χ0n) is 17.1. The highest BCUT2D eigenvalue weighted by Gasteiger charge is 2.34. The second kappa shape index (κ2) is 7.21. The maximum Gasteiger partial charge on any atom is 0.0995 e. The van der Waals surface area contributed by atoms with E-state index in [2.05, 4.69) is 56.8 Å². The third kappa shape index (κ3) is 3.02. The summed E-state index contributed by atoms with van der Waals surface area (Å²) in [5.74, 6) is 1.47. The number of imidazole rings is 1. The molecule has 3 aromatic heterocycles. The number of fused-ring (bicyclic) bond motifs is 2. The van der Waals surface area contributed by atoms with Gasteiger partial charge in [0, 0.05) is 11.6 Å². The molecule has 0 spiro atoms. The van der Waals surface area contributed by atoms with Crippen LogP contribution in [0.3, 0.4) is 0 Å². The Morgan fingerprint density at radius 2 is 1.63 bits per heavy atom. The first-order chi connectivity index (χ1) is 14.8. The van der Waals surface area contributed by atoms with E-state index >= 15 is 0 Å². The molecule has 0 aliphatic heterocycles. The molecule has 0 amide bonds. The van der Waals surface area contributed by atoms with Crippen molar-refractivity contribution in [3.8, 4) is 0 Å². The van der Waals surface area contributed by atoms with Gasteiger partial charge in [0.25, 0.3) is 0 Å². The third-order valence-electron chi connectivity index (χ3n) is 7.29. The second-order valence-electron chi connectivity index (χ2n) is 9.11. The van der Waals surface area contributed by atoms with Gasteiger partial charge in [0.15, 0.2) is 0 Å². The SMILES string of the molecule is OC(c1c(C2CC2)ccc2cncn12)C1CCC(c2ccnc3ccccc23)CC1. The normalized spacial score (nSPS) is 23.1. The number of aliphatic hydroxyl groups excluding tert-OH is 1. The average Bonchev–Trinajstić information content (AvgIpc) is 3.54. The fourth-order valence-corrected chi connectivity index (χ4v) is 5.53. The van der Waals surface area contributed by atoms with Crippen molar-refractivity contribution in [1.82, 2.24) is 14.4 Å². The van der Waals surface area contributed by atoms with Gasteiger partial charge in [-0.2, -0.15) is 0 Å². The van der Waals surface area contributed by atoms with Crippen molar-refractivity contribution in [1.29, 1.82) is 0 Å². The number of aromatic nitrogens is 3. The molecule has 0 bridgehead atoms. The average molecular weight is 398 g/mol. The van der Waals surface area contributed by atoms with Crippen LogP contribution in [0.1, 0.15) is 73.3 Å². The molecule has 2 aliphatic carbocycles. The van der Waals surface area contributed by atoms with E-state index in [4.69, 9.17) is 0 Å². The standard InChI is InChI=1S/C26H27N3O/c30-26(25-22(18-5-6-18)12-11-20-15-27-16-29(20)25)19-9-7-17(8-10-19)21-13-14-28-24-4-2-1-3-23(21)24/h1-4,11-19,26,30H,5-10H2. The summed E-state index contributed by atoms with van der Waals surface area (Å²) in [6.45, 7) is 0. The maximum absolute atomic E-state index is 11.5. The number of benzene rings is 1. The Morgan fingerprint density at radius 1 is 0.867 bits per heavy atom. The smallest absolute Gasteiger partial charge is 0.0995 e. The van der Waals surface area contributed by atoms with Crippen LogP contribution in [0.4, 0.5) is 0 Å². The summed E-state index contributed by atoms with van der Waals surface area (Å²) in [7, 11) is 0. The Morgan fingerprint density at radius 3 is 2.47 bits per heavy atom. The minimum absolute atomic E-state index is 0.305. The summed E-state index contributed by atoms with van der Waals surface area (Å²) in [5.41, 5.74) is 5.99. The van der Waals surface area contributed by atoms with E-state index in [1.165, 1.54) is 29.4 Å². The van der Waals surface area contributed by atoms with Crippen molar-refractivity contribution in [2.24, 2.45) is 5.92 Å². The van der Waals surface area contributed by atoms with Gasteiger partial charge >= 0.3 is 0 Å². The molecule has 3 heterocycles. The molecule has 0 saturated heterocycles. The molecule has 0 radical (unpaired) electrons. The molecule has 4 heteroatoms. The van der Waals surface area contributed by atoms with Crippen LogP contribution in [-0.4, -0.2) is 19.5 Å². The van der Waals surface area contributed by atoms with E-state index in [-0.39, 0.29) is 0 Å². The highest BCUT2D eigenvalue weighted by molar-refractivity contribution is 5.82. The van der Waals surface area contributed by atoms with Crippen molar-refractivity contribution in [3.63, 3.8) is 0 Å². The van der Waals surface area contributed by atoms with Crippen molar-refractivity contribution in [3.05, 3.63) is 78.0 Å². The van der Waals surface area contributed by atoms with Crippen LogP contribution in [0.25, 0.3) is 16.4 Å². The molecule has 30 heavy (non-hydrogen) atoms. The Labute approximate surface area is 176 Å². The number of nitrogens with zero attached hydrogens (tertiary/aromatic N) is 3. The molecule has 2 fully saturated rings. The van der Waals surface area contributed by atoms with Crippen molar-refractivity contribution < 1.29 is 5.11 Å². The van der Waals surface area contributed by atoms with Gasteiger partial charge in [0.1, 0.15) is 0 Å². The molecule has 1 aromatic carbocycles. The predicted octanol–water partition coefficient (Wildman–Crippen LogP) is 5.77. The van der Waals surface area contributed by atoms with Gasteiger partial charge in [-0.25, -0.2) is 4.98 Å². The van der Waals surface area contributed by atoms with Gasteiger partial charge in [-0.1, -0.05) is 24.3 Å². The van der Waals surface area contributed by atoms with Crippen LogP contribution in [0, 0.1) is 5.92 Å². The lowest BCUT2D eigenvalue weighted by Gasteiger charge is -2.33. The number of para-hydroxylation sites is 1. The lowest BCUT2D eigenvalue weighted by Crippen LogP contribution is -2.22. The van der Waals surface area contributed by atoms with E-state index in [1.54, 1.807) is 0 Å². The van der Waals surface area contributed by atoms with Gasteiger partial charge in [-0.3, -0.25) is 4.98 Å². The quantitative estimate of drug-likeness (QED) is 0.476. The van der Waals surface area contributed by atoms with Crippen LogP contribution in [0.2, 0.25) is 0 Å². The maximum atomic E-state index is 11.5. The minimum Gasteiger partial charge on any atom is -0.387 e. The molecular weight excluding hydrogens is 370 g/mol. The largest absolute Gasteiger partial charge is 0.387 e. The zero-order chi connectivity index (χ0) is 20.1. The number of hydrogen-bond acceptors (Lipinski definition) is 3. The summed E-state index contributed by atoms with van der Waals surface area (Å²) in [6, 6.07) is 15.0. The van der Waals surface area contributed by atoms with Crippen LogP contribution >= 0.6 is 0 Å². The molecule has 4 aromatic rings. The fourth-order valence-electron chi connectivity index (χ4n) is 5.53. The summed E-state index contributed by atoms with van der Waals surface area (Å²) in [5, 5.41) is 12.8. The number of pyridine rings is 2. The number of hydrogen-bond donors (Lipinski definition) is 1. The number of aliphatic hydroxyl groups is 1. The highest BCUT2D eigenvalue weighted by Crippen LogP contribution is 2.47. The topological polar surface area (TPSA) is 50.4 Å². The number of rotatable bonds is 4. The van der Waals surface area contributed by atoms with Crippen molar-refractivity contribution in [2.45, 2.75) is 56.5 Å². The lowest BCUT2D eigenvalue weighted by molar-refractivity contribution is 0.0755. The van der Waals surface area contributed by atoms with Gasteiger partial charge in [0.05, 0.1) is 35.4 Å². The van der Waals surface area contributed by atoms with Gasteiger partial charge < -0.3 is 9.51 Å². The Balaban J connectivity index is 1.27. The molecule has 1 N–H and O–H groups in total. The van der Waals surface area contributed by atoms with Crippen LogP contribution in [0.5, 0.6) is 0 Å². The fraction of sp³-hybridized carbons (Fsp3) is 0.385. The van der Waals surface area contributed by atoms with E-state index in [0.29, 0.717) is 17.8 Å². The van der Waals surface area contributed by atoms with E-state index in [0.717, 1.165) is 42.4 Å². The first-order valence-electron chi connectivity index (χ1n) is 11.3. The minimum atomic E-state index is -0.423. The van der Waals surface area contributed by atoms with Crippen LogP contribution in [0.15, 0.2) is 61.2 Å². The molecule has 1 atom stereocenters. The molecule has 6 rings (SSSR count). The van der Waals surface area contributed by atoms with E-state index in [1.807, 2.05) is 18.7 Å². The van der Waals surface area contributed by atoms with Crippen LogP contribution in [-0.2, 0) is 0 Å². The van der Waals surface area contributed by atoms with Crippen LogP contribution < -0.4 is 0 Å². The summed E-state index contributed by atoms with van der Waals surface area (Å²) >= 11 is 0. The summed E-state index contributed by atoms with van der Waals surface area (Å²) in [6.07, 6.45) is 12.1. The highest BCUT2D eigenvalue weighted by atomic mass is 16.3. The zero-order valence-corrected chi connectivity index (χ0v) is 17.1. The van der Waals surface area contributed by atoms with Gasteiger partial charge in [-0.05, 0) is 85.6 Å². The molecule has 1 unspecified atom stereocenters. The Kier molecular flexibility index (Phi) is 4.34. The summed E-state index contributed by atoms with van der Waals surface area (Å²) in [4.78, 5) is 8.86. The van der Waals surface area contributed by atoms with Gasteiger partial charge in [0.2, 0.25) is 0 Å². The molecular formula is C26H27N3O.